The molecule has 1 saturated heterocycles. The van der Waals surface area contributed by atoms with Crippen LogP contribution in [0, 0.1) is 5.92 Å². The van der Waals surface area contributed by atoms with Gasteiger partial charge >= 0.3 is 0 Å². The maximum atomic E-state index is 10.5. The minimum absolute atomic E-state index is 0.0961. The number of hydrogen-bond acceptors (Lipinski definition) is 3. The van der Waals surface area contributed by atoms with Gasteiger partial charge in [0.15, 0.2) is 0 Å². The van der Waals surface area contributed by atoms with Crippen molar-refractivity contribution in [1.29, 1.82) is 0 Å². The van der Waals surface area contributed by atoms with E-state index in [-0.39, 0.29) is 5.60 Å². The van der Waals surface area contributed by atoms with Crippen LogP contribution in [0.2, 0.25) is 0 Å². The van der Waals surface area contributed by atoms with Crippen LogP contribution in [0.3, 0.4) is 0 Å². The molecule has 1 aliphatic carbocycles. The molecule has 17 heavy (non-hydrogen) atoms. The van der Waals surface area contributed by atoms with Crippen molar-refractivity contribution in [2.75, 3.05) is 20.2 Å². The molecule has 2 aliphatic rings. The highest BCUT2D eigenvalue weighted by Gasteiger charge is 2.43. The Labute approximate surface area is 105 Å². The van der Waals surface area contributed by atoms with Crippen LogP contribution in [-0.4, -0.2) is 36.5 Å². The van der Waals surface area contributed by atoms with Crippen molar-refractivity contribution in [2.45, 2.75) is 63.1 Å². The summed E-state index contributed by atoms with van der Waals surface area (Å²) in [5.74, 6) is 0.377. The molecule has 100 valence electrons. The van der Waals surface area contributed by atoms with Gasteiger partial charge < -0.3 is 15.2 Å². The molecule has 1 saturated carbocycles. The Morgan fingerprint density at radius 3 is 2.71 bits per heavy atom. The first-order valence-electron chi connectivity index (χ1n) is 7.09. The summed E-state index contributed by atoms with van der Waals surface area (Å²) in [4.78, 5) is 0. The maximum Gasteiger partial charge on any atom is 0.0773 e. The summed E-state index contributed by atoms with van der Waals surface area (Å²) in [6.07, 6.45) is 8.36. The summed E-state index contributed by atoms with van der Waals surface area (Å²) in [6.45, 7) is 3.47. The topological polar surface area (TPSA) is 41.5 Å². The van der Waals surface area contributed by atoms with E-state index in [1.165, 1.54) is 32.1 Å². The Bertz CT molecular complexity index is 241. The zero-order valence-electron chi connectivity index (χ0n) is 11.3. The molecular weight excluding hydrogens is 214 g/mol. The Balaban J connectivity index is 2.00. The van der Waals surface area contributed by atoms with E-state index >= 15 is 0 Å². The fraction of sp³-hybridized carbons (Fsp3) is 1.00. The van der Waals surface area contributed by atoms with Crippen LogP contribution in [0.4, 0.5) is 0 Å². The van der Waals surface area contributed by atoms with Gasteiger partial charge in [0, 0.05) is 13.2 Å². The van der Waals surface area contributed by atoms with Crippen molar-refractivity contribution in [1.82, 2.24) is 5.32 Å². The van der Waals surface area contributed by atoms with E-state index in [1.54, 1.807) is 0 Å². The normalized spacial score (nSPS) is 32.3. The van der Waals surface area contributed by atoms with E-state index in [4.69, 9.17) is 4.74 Å². The number of rotatable bonds is 3. The Hall–Kier alpha value is -0.120. The van der Waals surface area contributed by atoms with Crippen LogP contribution >= 0.6 is 0 Å². The summed E-state index contributed by atoms with van der Waals surface area (Å²) in [6, 6.07) is 0. The molecule has 0 radical (unpaired) electrons. The third kappa shape index (κ3) is 3.01. The van der Waals surface area contributed by atoms with E-state index in [0.29, 0.717) is 12.5 Å². The molecule has 0 amide bonds. The van der Waals surface area contributed by atoms with Crippen LogP contribution < -0.4 is 5.32 Å². The Kier molecular flexibility index (Phi) is 4.11. The SMILES string of the molecule is CNCC(C)(O)C1CCOC2(CCCCC2)C1. The van der Waals surface area contributed by atoms with Gasteiger partial charge in [-0.2, -0.15) is 0 Å². The Morgan fingerprint density at radius 1 is 1.35 bits per heavy atom. The first kappa shape index (κ1) is 13.3. The molecule has 1 heterocycles. The van der Waals surface area contributed by atoms with Crippen molar-refractivity contribution >= 4 is 0 Å². The molecule has 2 unspecified atom stereocenters. The molecule has 0 bridgehead atoms. The molecule has 1 spiro atoms. The monoisotopic (exact) mass is 241 g/mol. The summed E-state index contributed by atoms with van der Waals surface area (Å²) in [7, 11) is 1.91. The molecule has 0 aromatic rings. The number of likely N-dealkylation sites (N-methyl/N-ethyl adjacent to an activating group) is 1. The lowest BCUT2D eigenvalue weighted by Crippen LogP contribution is -2.51. The standard InChI is InChI=1S/C14H27NO2/c1-13(16,11-15-2)12-6-9-17-14(10-12)7-4-3-5-8-14/h12,15-16H,3-11H2,1-2H3. The van der Waals surface area contributed by atoms with Crippen molar-refractivity contribution < 1.29 is 9.84 Å². The van der Waals surface area contributed by atoms with Gasteiger partial charge in [-0.1, -0.05) is 19.3 Å². The maximum absolute atomic E-state index is 10.5. The number of hydrogen-bond donors (Lipinski definition) is 2. The third-order valence-corrected chi connectivity index (χ3v) is 4.67. The zero-order valence-corrected chi connectivity index (χ0v) is 11.3. The highest BCUT2D eigenvalue weighted by molar-refractivity contribution is 4.95. The van der Waals surface area contributed by atoms with Crippen LogP contribution in [0.15, 0.2) is 0 Å². The summed E-state index contributed by atoms with van der Waals surface area (Å²) in [5.41, 5.74) is -0.498. The third-order valence-electron chi connectivity index (χ3n) is 4.67. The molecule has 2 N–H and O–H groups in total. The van der Waals surface area contributed by atoms with Crippen LogP contribution in [0.1, 0.15) is 51.9 Å². The number of nitrogens with one attached hydrogen (secondary N) is 1. The van der Waals surface area contributed by atoms with E-state index in [2.05, 4.69) is 5.32 Å². The lowest BCUT2D eigenvalue weighted by molar-refractivity contribution is -0.151. The van der Waals surface area contributed by atoms with Gasteiger partial charge in [-0.15, -0.1) is 0 Å². The van der Waals surface area contributed by atoms with Crippen molar-refractivity contribution in [3.63, 3.8) is 0 Å². The average Bonchev–Trinajstić information content (AvgIpc) is 2.30. The van der Waals surface area contributed by atoms with Gasteiger partial charge in [-0.25, -0.2) is 0 Å². The lowest BCUT2D eigenvalue weighted by Gasteiger charge is -2.47. The molecular formula is C14H27NO2. The van der Waals surface area contributed by atoms with E-state index in [9.17, 15) is 5.11 Å². The largest absolute Gasteiger partial charge is 0.389 e. The highest BCUT2D eigenvalue weighted by Crippen LogP contribution is 2.43. The van der Waals surface area contributed by atoms with E-state index in [1.807, 2.05) is 14.0 Å². The predicted molar refractivity (Wildman–Crippen MR) is 69.0 cm³/mol. The van der Waals surface area contributed by atoms with Gasteiger partial charge in [-0.05, 0) is 45.6 Å². The first-order chi connectivity index (χ1) is 8.08. The summed E-state index contributed by atoms with van der Waals surface area (Å²) in [5, 5.41) is 13.6. The van der Waals surface area contributed by atoms with Crippen molar-refractivity contribution in [3.8, 4) is 0 Å². The minimum Gasteiger partial charge on any atom is -0.389 e. The molecule has 2 atom stereocenters. The van der Waals surface area contributed by atoms with Crippen molar-refractivity contribution in [2.24, 2.45) is 5.92 Å². The number of ether oxygens (including phenoxy) is 1. The fourth-order valence-electron chi connectivity index (χ4n) is 3.61. The number of aliphatic hydroxyl groups is 1. The van der Waals surface area contributed by atoms with Gasteiger partial charge in [0.25, 0.3) is 0 Å². The molecule has 0 aromatic carbocycles. The molecule has 0 aromatic heterocycles. The summed E-state index contributed by atoms with van der Waals surface area (Å²) >= 11 is 0. The van der Waals surface area contributed by atoms with Crippen LogP contribution in [-0.2, 0) is 4.74 Å². The second-order valence-electron chi connectivity index (χ2n) is 6.17. The molecule has 3 nitrogen and oxygen atoms in total. The quantitative estimate of drug-likeness (QED) is 0.795. The Morgan fingerprint density at radius 2 is 2.06 bits per heavy atom. The van der Waals surface area contributed by atoms with E-state index in [0.717, 1.165) is 19.4 Å². The predicted octanol–water partition coefficient (Wildman–Crippen LogP) is 2.09. The van der Waals surface area contributed by atoms with Crippen LogP contribution in [0.5, 0.6) is 0 Å². The molecule has 2 fully saturated rings. The highest BCUT2D eigenvalue weighted by atomic mass is 16.5. The van der Waals surface area contributed by atoms with Crippen molar-refractivity contribution in [3.05, 3.63) is 0 Å². The molecule has 1 aliphatic heterocycles. The van der Waals surface area contributed by atoms with Gasteiger partial charge in [0.05, 0.1) is 11.2 Å². The lowest BCUT2D eigenvalue weighted by atomic mass is 9.71. The van der Waals surface area contributed by atoms with Crippen LogP contribution in [0.25, 0.3) is 0 Å². The summed E-state index contributed by atoms with van der Waals surface area (Å²) < 4.78 is 6.08. The first-order valence-corrected chi connectivity index (χ1v) is 7.09. The molecule has 2 rings (SSSR count). The molecule has 3 heteroatoms. The van der Waals surface area contributed by atoms with Gasteiger partial charge in [-0.3, -0.25) is 0 Å². The average molecular weight is 241 g/mol. The van der Waals surface area contributed by atoms with Gasteiger partial charge in [0.1, 0.15) is 0 Å². The second-order valence-corrected chi connectivity index (χ2v) is 6.17. The smallest absolute Gasteiger partial charge is 0.0773 e. The zero-order chi connectivity index (χ0) is 12.4. The van der Waals surface area contributed by atoms with E-state index < -0.39 is 5.60 Å². The minimum atomic E-state index is -0.594. The fourth-order valence-corrected chi connectivity index (χ4v) is 3.61. The van der Waals surface area contributed by atoms with Gasteiger partial charge in [0.2, 0.25) is 0 Å². The second kappa shape index (κ2) is 5.25.